The first-order valence-corrected chi connectivity index (χ1v) is 9.57. The molecule has 0 bridgehead atoms. The SMILES string of the molecule is O=S(=O)(Cc1ccccc1)Nc1cccc(OCc2ccccc2)c1. The van der Waals surface area contributed by atoms with Crippen LogP contribution in [0.3, 0.4) is 0 Å². The van der Waals surface area contributed by atoms with E-state index >= 15 is 0 Å². The second-order valence-electron chi connectivity index (χ2n) is 5.65. The lowest BCUT2D eigenvalue weighted by Gasteiger charge is -2.11. The normalized spacial score (nSPS) is 11.0. The van der Waals surface area contributed by atoms with Crippen molar-refractivity contribution >= 4 is 15.7 Å². The van der Waals surface area contributed by atoms with E-state index in [1.54, 1.807) is 36.4 Å². The molecule has 5 heteroatoms. The minimum atomic E-state index is -3.48. The molecule has 0 unspecified atom stereocenters. The smallest absolute Gasteiger partial charge is 0.236 e. The van der Waals surface area contributed by atoms with Crippen molar-refractivity contribution in [2.45, 2.75) is 12.4 Å². The molecule has 4 nitrogen and oxygen atoms in total. The van der Waals surface area contributed by atoms with Crippen LogP contribution in [0.4, 0.5) is 5.69 Å². The van der Waals surface area contributed by atoms with Crippen LogP contribution in [-0.4, -0.2) is 8.42 Å². The summed E-state index contributed by atoms with van der Waals surface area (Å²) in [4.78, 5) is 0. The fourth-order valence-electron chi connectivity index (χ4n) is 2.40. The van der Waals surface area contributed by atoms with E-state index in [4.69, 9.17) is 4.74 Å². The lowest BCUT2D eigenvalue weighted by molar-refractivity contribution is 0.306. The number of sulfonamides is 1. The van der Waals surface area contributed by atoms with Crippen LogP contribution in [0.2, 0.25) is 0 Å². The van der Waals surface area contributed by atoms with Gasteiger partial charge in [-0.05, 0) is 23.3 Å². The summed E-state index contributed by atoms with van der Waals surface area (Å²) in [6.07, 6.45) is 0. The van der Waals surface area contributed by atoms with Gasteiger partial charge in [0.2, 0.25) is 10.0 Å². The first-order valence-electron chi connectivity index (χ1n) is 7.92. The monoisotopic (exact) mass is 353 g/mol. The molecule has 0 aliphatic rings. The van der Waals surface area contributed by atoms with Gasteiger partial charge in [0.25, 0.3) is 0 Å². The summed E-state index contributed by atoms with van der Waals surface area (Å²) in [5, 5.41) is 0. The third kappa shape index (κ3) is 5.36. The second kappa shape index (κ2) is 7.85. The molecule has 0 saturated heterocycles. The third-order valence-electron chi connectivity index (χ3n) is 3.56. The Morgan fingerprint density at radius 1 is 0.760 bits per heavy atom. The molecule has 25 heavy (non-hydrogen) atoms. The van der Waals surface area contributed by atoms with E-state index in [-0.39, 0.29) is 5.75 Å². The maximum Gasteiger partial charge on any atom is 0.236 e. The minimum absolute atomic E-state index is 0.0665. The van der Waals surface area contributed by atoms with Crippen LogP contribution in [0, 0.1) is 0 Å². The average Bonchev–Trinajstić information content (AvgIpc) is 2.61. The molecule has 3 rings (SSSR count). The summed E-state index contributed by atoms with van der Waals surface area (Å²) in [6.45, 7) is 0.432. The zero-order chi connectivity index (χ0) is 17.5. The Balaban J connectivity index is 1.65. The highest BCUT2D eigenvalue weighted by Gasteiger charge is 2.12. The molecule has 0 radical (unpaired) electrons. The number of nitrogens with one attached hydrogen (secondary N) is 1. The fraction of sp³-hybridized carbons (Fsp3) is 0.100. The maximum atomic E-state index is 12.3. The summed E-state index contributed by atoms with van der Waals surface area (Å²) >= 11 is 0. The highest BCUT2D eigenvalue weighted by molar-refractivity contribution is 7.91. The highest BCUT2D eigenvalue weighted by Crippen LogP contribution is 2.20. The highest BCUT2D eigenvalue weighted by atomic mass is 32.2. The Bertz CT molecular complexity index is 910. The van der Waals surface area contributed by atoms with Crippen LogP contribution >= 0.6 is 0 Å². The van der Waals surface area contributed by atoms with Crippen LogP contribution < -0.4 is 9.46 Å². The predicted molar refractivity (Wildman–Crippen MR) is 99.9 cm³/mol. The molecule has 3 aromatic carbocycles. The molecule has 0 spiro atoms. The zero-order valence-electron chi connectivity index (χ0n) is 13.6. The number of hydrogen-bond acceptors (Lipinski definition) is 3. The standard InChI is InChI=1S/C20H19NO3S/c22-25(23,16-18-10-5-2-6-11-18)21-19-12-7-13-20(14-19)24-15-17-8-3-1-4-9-17/h1-14,21H,15-16H2. The topological polar surface area (TPSA) is 55.4 Å². The van der Waals surface area contributed by atoms with E-state index in [1.165, 1.54) is 0 Å². The molecular weight excluding hydrogens is 334 g/mol. The quantitative estimate of drug-likeness (QED) is 0.692. The van der Waals surface area contributed by atoms with Gasteiger partial charge < -0.3 is 4.74 Å². The molecule has 3 aromatic rings. The minimum Gasteiger partial charge on any atom is -0.489 e. The Morgan fingerprint density at radius 3 is 2.08 bits per heavy atom. The fourth-order valence-corrected chi connectivity index (χ4v) is 3.59. The summed E-state index contributed by atoms with van der Waals surface area (Å²) in [6, 6.07) is 25.9. The molecule has 0 fully saturated rings. The van der Waals surface area contributed by atoms with E-state index in [0.29, 0.717) is 18.0 Å². The van der Waals surface area contributed by atoms with Crippen molar-refractivity contribution in [3.05, 3.63) is 96.1 Å². The largest absolute Gasteiger partial charge is 0.489 e. The molecule has 1 N–H and O–H groups in total. The molecule has 0 aliphatic carbocycles. The van der Waals surface area contributed by atoms with Gasteiger partial charge in [-0.15, -0.1) is 0 Å². The zero-order valence-corrected chi connectivity index (χ0v) is 14.4. The van der Waals surface area contributed by atoms with E-state index in [9.17, 15) is 8.42 Å². The Hall–Kier alpha value is -2.79. The van der Waals surface area contributed by atoms with Crippen LogP contribution in [0.15, 0.2) is 84.9 Å². The van der Waals surface area contributed by atoms with Gasteiger partial charge in [-0.25, -0.2) is 8.42 Å². The summed E-state index contributed by atoms with van der Waals surface area (Å²) in [5.74, 6) is 0.548. The van der Waals surface area contributed by atoms with E-state index < -0.39 is 10.0 Å². The van der Waals surface area contributed by atoms with Gasteiger partial charge in [0.05, 0.1) is 11.4 Å². The third-order valence-corrected chi connectivity index (χ3v) is 4.82. The summed E-state index contributed by atoms with van der Waals surface area (Å²) in [5.41, 5.74) is 2.28. The first kappa shape index (κ1) is 17.0. The maximum absolute atomic E-state index is 12.3. The lowest BCUT2D eigenvalue weighted by Crippen LogP contribution is -2.15. The van der Waals surface area contributed by atoms with Crippen molar-refractivity contribution in [1.82, 2.24) is 0 Å². The predicted octanol–water partition coefficient (Wildman–Crippen LogP) is 4.21. The second-order valence-corrected chi connectivity index (χ2v) is 7.37. The lowest BCUT2D eigenvalue weighted by atomic mass is 10.2. The molecular formula is C20H19NO3S. The number of benzene rings is 3. The van der Waals surface area contributed by atoms with Crippen LogP contribution in [0.5, 0.6) is 5.75 Å². The number of anilines is 1. The van der Waals surface area contributed by atoms with Gasteiger partial charge in [0.15, 0.2) is 0 Å². The van der Waals surface area contributed by atoms with Crippen molar-refractivity contribution in [3.8, 4) is 5.75 Å². The van der Waals surface area contributed by atoms with Gasteiger partial charge in [-0.1, -0.05) is 66.7 Å². The molecule has 128 valence electrons. The van der Waals surface area contributed by atoms with E-state index in [1.807, 2.05) is 48.5 Å². The van der Waals surface area contributed by atoms with Gasteiger partial charge in [-0.2, -0.15) is 0 Å². The molecule has 0 atom stereocenters. The van der Waals surface area contributed by atoms with Crippen molar-refractivity contribution in [1.29, 1.82) is 0 Å². The summed E-state index contributed by atoms with van der Waals surface area (Å²) < 4.78 is 32.9. The number of hydrogen-bond donors (Lipinski definition) is 1. The van der Waals surface area contributed by atoms with Gasteiger partial charge in [0.1, 0.15) is 12.4 Å². The van der Waals surface area contributed by atoms with E-state index in [0.717, 1.165) is 11.1 Å². The van der Waals surface area contributed by atoms with Crippen molar-refractivity contribution in [2.24, 2.45) is 0 Å². The Morgan fingerprint density at radius 2 is 1.40 bits per heavy atom. The molecule has 0 aliphatic heterocycles. The first-order chi connectivity index (χ1) is 12.1. The number of rotatable bonds is 7. The Labute approximate surface area is 148 Å². The van der Waals surface area contributed by atoms with Gasteiger partial charge >= 0.3 is 0 Å². The van der Waals surface area contributed by atoms with Crippen molar-refractivity contribution < 1.29 is 13.2 Å². The summed E-state index contributed by atoms with van der Waals surface area (Å²) in [7, 11) is -3.48. The molecule has 0 saturated carbocycles. The van der Waals surface area contributed by atoms with Crippen LogP contribution in [0.25, 0.3) is 0 Å². The number of ether oxygens (including phenoxy) is 1. The van der Waals surface area contributed by atoms with Gasteiger partial charge in [0, 0.05) is 6.07 Å². The average molecular weight is 353 g/mol. The van der Waals surface area contributed by atoms with Gasteiger partial charge in [-0.3, -0.25) is 4.72 Å². The Kier molecular flexibility index (Phi) is 5.36. The van der Waals surface area contributed by atoms with E-state index in [2.05, 4.69) is 4.72 Å². The molecule has 0 amide bonds. The van der Waals surface area contributed by atoms with Crippen molar-refractivity contribution in [3.63, 3.8) is 0 Å². The van der Waals surface area contributed by atoms with Crippen LogP contribution in [-0.2, 0) is 22.4 Å². The van der Waals surface area contributed by atoms with Crippen LogP contribution in [0.1, 0.15) is 11.1 Å². The molecule has 0 aromatic heterocycles. The van der Waals surface area contributed by atoms with Crippen molar-refractivity contribution in [2.75, 3.05) is 4.72 Å². The molecule has 0 heterocycles.